The van der Waals surface area contributed by atoms with Crippen LogP contribution in [-0.4, -0.2) is 23.7 Å². The van der Waals surface area contributed by atoms with Crippen molar-refractivity contribution in [2.45, 2.75) is 63.0 Å². The average Bonchev–Trinajstić information content (AvgIpc) is 2.47. The number of nitrogens with zero attached hydrogens (tertiary/aromatic N) is 1. The molecule has 1 saturated heterocycles. The van der Waals surface area contributed by atoms with Crippen molar-refractivity contribution in [3.05, 3.63) is 29.6 Å². The average molecular weight is 260 g/mol. The van der Waals surface area contributed by atoms with Gasteiger partial charge in [0, 0.05) is 30.5 Å². The molecule has 0 saturated carbocycles. The monoisotopic (exact) mass is 260 g/mol. The third-order valence-corrected chi connectivity index (χ3v) is 4.56. The summed E-state index contributed by atoms with van der Waals surface area (Å²) in [6.45, 7) is 0.914. The van der Waals surface area contributed by atoms with Crippen LogP contribution in [0.4, 0.5) is 0 Å². The molecule has 2 aliphatic rings. The number of fused-ring (bicyclic) bond motifs is 1. The predicted octanol–water partition coefficient (Wildman–Crippen LogP) is 2.79. The topological polar surface area (TPSA) is 48.1 Å². The molecule has 0 aromatic carbocycles. The van der Waals surface area contributed by atoms with Gasteiger partial charge in [0.15, 0.2) is 0 Å². The third kappa shape index (κ3) is 2.98. The maximum Gasteiger partial charge on any atom is 0.0590 e. The summed E-state index contributed by atoms with van der Waals surface area (Å²) in [6.07, 6.45) is 10.5. The van der Waals surface area contributed by atoms with Crippen LogP contribution in [0.25, 0.3) is 0 Å². The molecule has 0 radical (unpaired) electrons. The number of pyridine rings is 1. The van der Waals surface area contributed by atoms with E-state index in [1.54, 1.807) is 0 Å². The van der Waals surface area contributed by atoms with Gasteiger partial charge in [0.05, 0.1) is 6.10 Å². The number of aromatic nitrogens is 1. The highest BCUT2D eigenvalue weighted by molar-refractivity contribution is 5.27. The summed E-state index contributed by atoms with van der Waals surface area (Å²) in [5.41, 5.74) is 9.12. The lowest BCUT2D eigenvalue weighted by molar-refractivity contribution is 0.00556. The van der Waals surface area contributed by atoms with Crippen LogP contribution < -0.4 is 5.73 Å². The smallest absolute Gasteiger partial charge is 0.0590 e. The van der Waals surface area contributed by atoms with Gasteiger partial charge in [-0.25, -0.2) is 0 Å². The van der Waals surface area contributed by atoms with Gasteiger partial charge in [-0.15, -0.1) is 0 Å². The van der Waals surface area contributed by atoms with Gasteiger partial charge < -0.3 is 10.5 Å². The molecule has 2 heterocycles. The zero-order chi connectivity index (χ0) is 13.1. The summed E-state index contributed by atoms with van der Waals surface area (Å²) in [5.74, 6) is 0.426. The Morgan fingerprint density at radius 3 is 3.11 bits per heavy atom. The summed E-state index contributed by atoms with van der Waals surface area (Å²) in [7, 11) is 0. The van der Waals surface area contributed by atoms with Crippen LogP contribution in [0.1, 0.15) is 55.7 Å². The number of nitrogens with two attached hydrogens (primary N) is 1. The molecule has 104 valence electrons. The highest BCUT2D eigenvalue weighted by Gasteiger charge is 2.29. The zero-order valence-electron chi connectivity index (χ0n) is 11.6. The lowest BCUT2D eigenvalue weighted by Crippen LogP contribution is -2.36. The third-order valence-electron chi connectivity index (χ3n) is 4.56. The van der Waals surface area contributed by atoms with Gasteiger partial charge in [0.25, 0.3) is 0 Å². The van der Waals surface area contributed by atoms with Gasteiger partial charge in [-0.05, 0) is 56.6 Å². The summed E-state index contributed by atoms with van der Waals surface area (Å²) in [6, 6.07) is 4.44. The molecule has 0 bridgehead atoms. The van der Waals surface area contributed by atoms with Crippen LogP contribution in [0.2, 0.25) is 0 Å². The van der Waals surface area contributed by atoms with Gasteiger partial charge in [0.2, 0.25) is 0 Å². The van der Waals surface area contributed by atoms with E-state index in [9.17, 15) is 0 Å². The number of ether oxygens (including phenoxy) is 1. The van der Waals surface area contributed by atoms with E-state index in [0.717, 1.165) is 19.4 Å². The molecule has 1 fully saturated rings. The van der Waals surface area contributed by atoms with Crippen molar-refractivity contribution in [1.29, 1.82) is 0 Å². The standard InChI is InChI=1S/C16H24N2O/c17-15(11-13-7-1-2-10-19-13)14-8-3-5-12-6-4-9-18-16(12)14/h4,6,9,13-15H,1-3,5,7-8,10-11,17H2. The molecule has 1 aromatic rings. The second-order valence-electron chi connectivity index (χ2n) is 5.93. The summed E-state index contributed by atoms with van der Waals surface area (Å²) in [5, 5.41) is 0. The first-order valence-electron chi connectivity index (χ1n) is 7.65. The van der Waals surface area contributed by atoms with Crippen LogP contribution in [0.15, 0.2) is 18.3 Å². The zero-order valence-corrected chi connectivity index (χ0v) is 11.6. The molecule has 1 aliphatic carbocycles. The molecular weight excluding hydrogens is 236 g/mol. The van der Waals surface area contributed by atoms with Crippen molar-refractivity contribution in [3.8, 4) is 0 Å². The largest absolute Gasteiger partial charge is 0.378 e. The van der Waals surface area contributed by atoms with Crippen molar-refractivity contribution in [2.75, 3.05) is 6.61 Å². The highest BCUT2D eigenvalue weighted by atomic mass is 16.5. The van der Waals surface area contributed by atoms with E-state index in [1.807, 2.05) is 12.3 Å². The summed E-state index contributed by atoms with van der Waals surface area (Å²) >= 11 is 0. The van der Waals surface area contributed by atoms with Gasteiger partial charge in [0.1, 0.15) is 0 Å². The van der Waals surface area contributed by atoms with Gasteiger partial charge in [-0.2, -0.15) is 0 Å². The fourth-order valence-corrected chi connectivity index (χ4v) is 3.52. The molecule has 1 aromatic heterocycles. The van der Waals surface area contributed by atoms with E-state index in [2.05, 4.69) is 11.1 Å². The second-order valence-corrected chi connectivity index (χ2v) is 5.93. The maximum atomic E-state index is 6.47. The first kappa shape index (κ1) is 13.1. The molecule has 3 atom stereocenters. The fourth-order valence-electron chi connectivity index (χ4n) is 3.52. The van der Waals surface area contributed by atoms with E-state index in [0.29, 0.717) is 12.0 Å². The Labute approximate surface area is 115 Å². The summed E-state index contributed by atoms with van der Waals surface area (Å²) < 4.78 is 5.83. The van der Waals surface area contributed by atoms with E-state index in [4.69, 9.17) is 10.5 Å². The van der Waals surface area contributed by atoms with Gasteiger partial charge in [-0.1, -0.05) is 6.07 Å². The first-order chi connectivity index (χ1) is 9.34. The van der Waals surface area contributed by atoms with Crippen LogP contribution in [0.5, 0.6) is 0 Å². The lowest BCUT2D eigenvalue weighted by Gasteiger charge is -2.32. The normalized spacial score (nSPS) is 28.7. The molecular formula is C16H24N2O. The Bertz CT molecular complexity index is 415. The highest BCUT2D eigenvalue weighted by Crippen LogP contribution is 2.33. The quantitative estimate of drug-likeness (QED) is 0.909. The van der Waals surface area contributed by atoms with Crippen molar-refractivity contribution in [1.82, 2.24) is 4.98 Å². The Morgan fingerprint density at radius 1 is 1.32 bits per heavy atom. The molecule has 3 heteroatoms. The van der Waals surface area contributed by atoms with Gasteiger partial charge in [-0.3, -0.25) is 4.98 Å². The molecule has 19 heavy (non-hydrogen) atoms. The van der Waals surface area contributed by atoms with Crippen molar-refractivity contribution >= 4 is 0 Å². The molecule has 3 rings (SSSR count). The van der Waals surface area contributed by atoms with Crippen molar-refractivity contribution < 1.29 is 4.74 Å². The SMILES string of the molecule is NC(CC1CCCCO1)C1CCCc2cccnc21. The Morgan fingerprint density at radius 2 is 2.26 bits per heavy atom. The number of aryl methyl sites for hydroxylation is 1. The molecule has 0 spiro atoms. The minimum absolute atomic E-state index is 0.192. The number of hydrogen-bond donors (Lipinski definition) is 1. The minimum atomic E-state index is 0.192. The molecule has 3 unspecified atom stereocenters. The van der Waals surface area contributed by atoms with Crippen LogP contribution in [-0.2, 0) is 11.2 Å². The lowest BCUT2D eigenvalue weighted by atomic mass is 9.80. The maximum absolute atomic E-state index is 6.47. The second kappa shape index (κ2) is 6.02. The van der Waals surface area contributed by atoms with Crippen LogP contribution in [0.3, 0.4) is 0 Å². The molecule has 1 aliphatic heterocycles. The van der Waals surface area contributed by atoms with E-state index in [1.165, 1.54) is 43.4 Å². The molecule has 2 N–H and O–H groups in total. The Kier molecular flexibility index (Phi) is 4.14. The number of rotatable bonds is 3. The van der Waals surface area contributed by atoms with E-state index >= 15 is 0 Å². The van der Waals surface area contributed by atoms with Crippen LogP contribution >= 0.6 is 0 Å². The minimum Gasteiger partial charge on any atom is -0.378 e. The first-order valence-corrected chi connectivity index (χ1v) is 7.65. The fraction of sp³-hybridized carbons (Fsp3) is 0.688. The summed E-state index contributed by atoms with van der Waals surface area (Å²) in [4.78, 5) is 4.59. The molecule has 0 amide bonds. The predicted molar refractivity (Wildman–Crippen MR) is 76.1 cm³/mol. The van der Waals surface area contributed by atoms with Gasteiger partial charge >= 0.3 is 0 Å². The Balaban J connectivity index is 1.68. The number of hydrogen-bond acceptors (Lipinski definition) is 3. The van der Waals surface area contributed by atoms with E-state index in [-0.39, 0.29) is 6.04 Å². The Hall–Kier alpha value is -0.930. The van der Waals surface area contributed by atoms with Crippen molar-refractivity contribution in [3.63, 3.8) is 0 Å². The molecule has 3 nitrogen and oxygen atoms in total. The van der Waals surface area contributed by atoms with Crippen LogP contribution in [0, 0.1) is 0 Å². The van der Waals surface area contributed by atoms with Crippen molar-refractivity contribution in [2.24, 2.45) is 5.73 Å². The van der Waals surface area contributed by atoms with E-state index < -0.39 is 0 Å².